The quantitative estimate of drug-likeness (QED) is 0.355. The van der Waals surface area contributed by atoms with Gasteiger partial charge >= 0.3 is 7.32 Å². The second kappa shape index (κ2) is 7.10. The topological polar surface area (TPSA) is 114 Å². The molecule has 0 bridgehead atoms. The van der Waals surface area contributed by atoms with Gasteiger partial charge in [-0.1, -0.05) is 36.4 Å². The number of rotatable bonds is 6. The van der Waals surface area contributed by atoms with Gasteiger partial charge in [0, 0.05) is 1.43 Å². The summed E-state index contributed by atoms with van der Waals surface area (Å²) in [5.74, 6) is 1.04. The van der Waals surface area contributed by atoms with E-state index in [1.165, 1.54) is 0 Å². The average Bonchev–Trinajstić information content (AvgIpc) is 3.52. The molecule has 0 spiro atoms. The summed E-state index contributed by atoms with van der Waals surface area (Å²) < 4.78 is 18.1. The van der Waals surface area contributed by atoms with E-state index in [0.29, 0.717) is 17.6 Å². The van der Waals surface area contributed by atoms with Gasteiger partial charge in [0.25, 0.3) is 0 Å². The number of nitrogens with one attached hydrogen (secondary N) is 3. The van der Waals surface area contributed by atoms with Crippen molar-refractivity contribution in [1.82, 2.24) is 30.6 Å². The van der Waals surface area contributed by atoms with Gasteiger partial charge in [0.05, 0.1) is 32.7 Å². The molecule has 0 fully saturated rings. The first-order valence-corrected chi connectivity index (χ1v) is 9.64. The minimum Gasteiger partial charge on any atom is -0.473 e. The van der Waals surface area contributed by atoms with Gasteiger partial charge in [-0.25, -0.2) is 0 Å². The SMILES string of the molecule is [HH].c1ccc2c(OB(Oc3n[nH]c4ccccc34)Oc3n[nH]c4ccccc34)n[nH]c2c1. The molecule has 3 N–H and O–H groups in total. The second-order valence-electron chi connectivity index (χ2n) is 6.87. The predicted octanol–water partition coefficient (Wildman–Crippen LogP) is 4.08. The van der Waals surface area contributed by atoms with Crippen molar-refractivity contribution < 1.29 is 15.4 Å². The monoisotopic (exact) mass is 412 g/mol. The Balaban J connectivity index is 0.00000216. The van der Waals surface area contributed by atoms with Crippen molar-refractivity contribution >= 4 is 40.0 Å². The molecule has 0 aliphatic rings. The molecule has 10 heteroatoms. The Bertz CT molecular complexity index is 1330. The summed E-state index contributed by atoms with van der Waals surface area (Å²) >= 11 is 0. The minimum atomic E-state index is -1.19. The van der Waals surface area contributed by atoms with Crippen LogP contribution in [0.2, 0.25) is 0 Å². The third-order valence-electron chi connectivity index (χ3n) is 4.93. The molecule has 31 heavy (non-hydrogen) atoms. The molecule has 0 saturated heterocycles. The maximum atomic E-state index is 6.02. The first kappa shape index (κ1) is 17.4. The van der Waals surface area contributed by atoms with E-state index < -0.39 is 7.32 Å². The number of H-pyrrole nitrogens is 3. The molecule has 0 aliphatic heterocycles. The lowest BCUT2D eigenvalue weighted by atomic mass is 10.2. The summed E-state index contributed by atoms with van der Waals surface area (Å²) in [6.45, 7) is 0. The number of hydrogen-bond donors (Lipinski definition) is 3. The Morgan fingerprint density at radius 1 is 0.516 bits per heavy atom. The van der Waals surface area contributed by atoms with Gasteiger partial charge in [-0.2, -0.15) is 0 Å². The van der Waals surface area contributed by atoms with Gasteiger partial charge in [-0.3, -0.25) is 15.3 Å². The van der Waals surface area contributed by atoms with Gasteiger partial charge in [-0.15, -0.1) is 15.3 Å². The molecule has 3 aromatic carbocycles. The Morgan fingerprint density at radius 2 is 0.839 bits per heavy atom. The fourth-order valence-electron chi connectivity index (χ4n) is 3.43. The van der Waals surface area contributed by atoms with Crippen molar-refractivity contribution in [2.24, 2.45) is 0 Å². The Hall–Kier alpha value is -4.47. The summed E-state index contributed by atoms with van der Waals surface area (Å²) in [6.07, 6.45) is 0. The van der Waals surface area contributed by atoms with Crippen molar-refractivity contribution in [3.8, 4) is 17.6 Å². The number of benzene rings is 3. The molecule has 152 valence electrons. The molecule has 0 amide bonds. The first-order valence-electron chi connectivity index (χ1n) is 9.64. The largest absolute Gasteiger partial charge is 0.867 e. The van der Waals surface area contributed by atoms with Crippen LogP contribution in [-0.2, 0) is 0 Å². The van der Waals surface area contributed by atoms with Gasteiger partial charge < -0.3 is 14.0 Å². The summed E-state index contributed by atoms with van der Waals surface area (Å²) in [6, 6.07) is 22.9. The van der Waals surface area contributed by atoms with Gasteiger partial charge in [-0.05, 0) is 36.4 Å². The van der Waals surface area contributed by atoms with Crippen LogP contribution in [0.3, 0.4) is 0 Å². The number of para-hydroxylation sites is 3. The van der Waals surface area contributed by atoms with Crippen LogP contribution >= 0.6 is 0 Å². The number of hydrogen-bond acceptors (Lipinski definition) is 6. The Labute approximate surface area is 177 Å². The Kier molecular flexibility index (Phi) is 3.98. The summed E-state index contributed by atoms with van der Waals surface area (Å²) in [7, 11) is -1.19. The lowest BCUT2D eigenvalue weighted by Crippen LogP contribution is -2.37. The maximum absolute atomic E-state index is 6.02. The molecule has 0 atom stereocenters. The zero-order valence-electron chi connectivity index (χ0n) is 16.1. The molecule has 0 unspecified atom stereocenters. The zero-order valence-corrected chi connectivity index (χ0v) is 16.1. The number of fused-ring (bicyclic) bond motifs is 3. The van der Waals surface area contributed by atoms with Crippen molar-refractivity contribution in [3.63, 3.8) is 0 Å². The van der Waals surface area contributed by atoms with Crippen LogP contribution in [0.4, 0.5) is 0 Å². The van der Waals surface area contributed by atoms with Crippen LogP contribution in [-0.4, -0.2) is 37.9 Å². The Morgan fingerprint density at radius 3 is 1.19 bits per heavy atom. The second-order valence-corrected chi connectivity index (χ2v) is 6.87. The fourth-order valence-corrected chi connectivity index (χ4v) is 3.43. The van der Waals surface area contributed by atoms with Crippen LogP contribution in [0.1, 0.15) is 1.43 Å². The van der Waals surface area contributed by atoms with E-state index >= 15 is 0 Å². The van der Waals surface area contributed by atoms with Crippen LogP contribution < -0.4 is 14.0 Å². The van der Waals surface area contributed by atoms with Crippen molar-refractivity contribution in [2.45, 2.75) is 0 Å². The molecule has 3 aromatic heterocycles. The van der Waals surface area contributed by atoms with Crippen LogP contribution in [0, 0.1) is 0 Å². The highest BCUT2D eigenvalue weighted by Crippen LogP contribution is 2.28. The molecule has 0 aliphatic carbocycles. The van der Waals surface area contributed by atoms with Crippen molar-refractivity contribution in [1.29, 1.82) is 0 Å². The summed E-state index contributed by atoms with van der Waals surface area (Å²) in [5.41, 5.74) is 2.52. The number of nitrogens with zero attached hydrogens (tertiary/aromatic N) is 3. The number of aromatic nitrogens is 6. The minimum absolute atomic E-state index is 0. The molecule has 0 saturated carbocycles. The maximum Gasteiger partial charge on any atom is 0.867 e. The van der Waals surface area contributed by atoms with E-state index in [2.05, 4.69) is 30.6 Å². The van der Waals surface area contributed by atoms with Gasteiger partial charge in [0.1, 0.15) is 0 Å². The molecule has 6 aromatic rings. The molecule has 0 radical (unpaired) electrons. The highest BCUT2D eigenvalue weighted by molar-refractivity contribution is 6.40. The summed E-state index contributed by atoms with van der Waals surface area (Å²) in [5, 5.41) is 24.0. The molecular weight excluding hydrogens is 395 g/mol. The van der Waals surface area contributed by atoms with Crippen LogP contribution in [0.5, 0.6) is 17.6 Å². The van der Waals surface area contributed by atoms with Crippen LogP contribution in [0.15, 0.2) is 72.8 Å². The third-order valence-corrected chi connectivity index (χ3v) is 4.93. The standard InChI is InChI=1S/C21H15BN6O3.H2/c1-4-10-16-13(7-1)19(26-23-16)29-22(30-20-14-8-2-5-11-17(14)24-27-20)31-21-15-9-3-6-12-18(15)25-28-21;/h1-12H,(H,23,26)(H,24,27)(H,25,28);1H. The lowest BCUT2D eigenvalue weighted by Gasteiger charge is -2.13. The normalized spacial score (nSPS) is 11.2. The molecule has 3 heterocycles. The average molecular weight is 412 g/mol. The van der Waals surface area contributed by atoms with E-state index in [-0.39, 0.29) is 1.43 Å². The van der Waals surface area contributed by atoms with E-state index in [9.17, 15) is 0 Å². The molecule has 9 nitrogen and oxygen atoms in total. The molecule has 6 rings (SSSR count). The lowest BCUT2D eigenvalue weighted by molar-refractivity contribution is 0.296. The van der Waals surface area contributed by atoms with E-state index in [0.717, 1.165) is 32.7 Å². The smallest absolute Gasteiger partial charge is 0.473 e. The summed E-state index contributed by atoms with van der Waals surface area (Å²) in [4.78, 5) is 0. The van der Waals surface area contributed by atoms with Gasteiger partial charge in [0.15, 0.2) is 0 Å². The zero-order chi connectivity index (χ0) is 20.6. The van der Waals surface area contributed by atoms with Crippen LogP contribution in [0.25, 0.3) is 32.7 Å². The first-order chi connectivity index (χ1) is 15.3. The third kappa shape index (κ3) is 3.10. The van der Waals surface area contributed by atoms with E-state index in [1.54, 1.807) is 0 Å². The van der Waals surface area contributed by atoms with Crippen molar-refractivity contribution in [2.75, 3.05) is 0 Å². The van der Waals surface area contributed by atoms with Gasteiger partial charge in [0.2, 0.25) is 17.6 Å². The van der Waals surface area contributed by atoms with E-state index in [1.807, 2.05) is 72.8 Å². The highest BCUT2D eigenvalue weighted by Gasteiger charge is 2.35. The fraction of sp³-hybridized carbons (Fsp3) is 0. The molecular formula is C21H17BN6O3. The van der Waals surface area contributed by atoms with E-state index in [4.69, 9.17) is 14.0 Å². The van der Waals surface area contributed by atoms with Crippen molar-refractivity contribution in [3.05, 3.63) is 72.8 Å². The predicted molar refractivity (Wildman–Crippen MR) is 118 cm³/mol. The highest BCUT2D eigenvalue weighted by atomic mass is 16.7. The number of aromatic amines is 3.